The molecule has 1 aromatic heterocycles. The lowest BCUT2D eigenvalue weighted by molar-refractivity contribution is -0.116. The van der Waals surface area contributed by atoms with Crippen LogP contribution in [-0.4, -0.2) is 23.1 Å². The van der Waals surface area contributed by atoms with Gasteiger partial charge >= 0.3 is 0 Å². The van der Waals surface area contributed by atoms with Gasteiger partial charge in [0, 0.05) is 23.6 Å². The van der Waals surface area contributed by atoms with Gasteiger partial charge in [-0.1, -0.05) is 36.4 Å². The maximum absolute atomic E-state index is 12.9. The molecule has 158 valence electrons. The number of hydrogen-bond donors (Lipinski definition) is 3. The molecule has 2 heterocycles. The lowest BCUT2D eigenvalue weighted by Gasteiger charge is -2.31. The Morgan fingerprint density at radius 1 is 1.00 bits per heavy atom. The van der Waals surface area contributed by atoms with Crippen molar-refractivity contribution in [2.24, 2.45) is 0 Å². The number of hydrogen-bond acceptors (Lipinski definition) is 5. The molecule has 0 saturated heterocycles. The Bertz CT molecular complexity index is 1220. The predicted molar refractivity (Wildman–Crippen MR) is 117 cm³/mol. The molecular weight excluding hydrogens is 394 g/mol. The monoisotopic (exact) mass is 417 g/mol. The third kappa shape index (κ3) is 3.42. The zero-order chi connectivity index (χ0) is 21.4. The zero-order valence-corrected chi connectivity index (χ0v) is 17.2. The minimum Gasteiger partial charge on any atom is -0.493 e. The maximum Gasteiger partial charge on any atom is 0.270 e. The van der Waals surface area contributed by atoms with Crippen molar-refractivity contribution in [2.75, 3.05) is 12.4 Å². The number of benzene rings is 2. The first-order valence-corrected chi connectivity index (χ1v) is 10.3. The lowest BCUT2D eigenvalue weighted by Crippen LogP contribution is -2.29. The molecule has 3 aromatic rings. The quantitative estimate of drug-likeness (QED) is 0.586. The smallest absolute Gasteiger partial charge is 0.270 e. The summed E-state index contributed by atoms with van der Waals surface area (Å²) < 4.78 is 11.6. The van der Waals surface area contributed by atoms with Crippen LogP contribution in [0.3, 0.4) is 0 Å². The summed E-state index contributed by atoms with van der Waals surface area (Å²) >= 11 is 0. The molecule has 0 unspecified atom stereocenters. The van der Waals surface area contributed by atoms with Crippen LogP contribution >= 0.6 is 0 Å². The van der Waals surface area contributed by atoms with E-state index in [-0.39, 0.29) is 11.3 Å². The summed E-state index contributed by atoms with van der Waals surface area (Å²) in [6, 6.07) is 15.5. The fraction of sp³-hybridized carbons (Fsp3) is 0.250. The molecule has 3 N–H and O–H groups in total. The number of carbonyl (C=O) groups excluding carboxylic acids is 1. The van der Waals surface area contributed by atoms with E-state index in [4.69, 9.17) is 9.47 Å². The molecule has 0 fully saturated rings. The van der Waals surface area contributed by atoms with E-state index in [0.717, 1.165) is 29.7 Å². The van der Waals surface area contributed by atoms with E-state index in [2.05, 4.69) is 15.5 Å². The third-order valence-electron chi connectivity index (χ3n) is 5.88. The average Bonchev–Trinajstić information content (AvgIpc) is 3.17. The molecule has 7 nitrogen and oxygen atoms in total. The molecule has 2 aliphatic rings. The van der Waals surface area contributed by atoms with Crippen LogP contribution in [0.4, 0.5) is 5.82 Å². The molecule has 0 bridgehead atoms. The van der Waals surface area contributed by atoms with Crippen molar-refractivity contribution < 1.29 is 14.3 Å². The zero-order valence-electron chi connectivity index (χ0n) is 17.2. The van der Waals surface area contributed by atoms with Gasteiger partial charge in [-0.25, -0.2) is 0 Å². The van der Waals surface area contributed by atoms with Crippen molar-refractivity contribution in [3.63, 3.8) is 0 Å². The third-order valence-corrected chi connectivity index (χ3v) is 5.88. The maximum atomic E-state index is 12.9. The first-order valence-electron chi connectivity index (χ1n) is 10.3. The number of aromatic amines is 2. The van der Waals surface area contributed by atoms with E-state index in [0.29, 0.717) is 41.5 Å². The summed E-state index contributed by atoms with van der Waals surface area (Å²) in [5, 5.41) is 8.79. The van der Waals surface area contributed by atoms with Gasteiger partial charge in [0.05, 0.1) is 12.7 Å². The number of aromatic nitrogens is 2. The van der Waals surface area contributed by atoms with E-state index >= 15 is 0 Å². The van der Waals surface area contributed by atoms with E-state index in [1.54, 1.807) is 7.11 Å². The molecular formula is C24H23N3O4. The minimum atomic E-state index is -0.453. The molecule has 0 saturated carbocycles. The number of ketones is 1. The van der Waals surface area contributed by atoms with Crippen LogP contribution in [0.25, 0.3) is 0 Å². The SMILES string of the molecule is COc1cc([C@H]2C3=C(CCCC3=O)Nc3[nH][nH]c(=O)c32)ccc1OCc1ccccc1. The fourth-order valence-electron chi connectivity index (χ4n) is 4.42. The molecule has 0 amide bonds. The fourth-order valence-corrected chi connectivity index (χ4v) is 4.42. The molecule has 31 heavy (non-hydrogen) atoms. The van der Waals surface area contributed by atoms with Gasteiger partial charge in [0.25, 0.3) is 5.56 Å². The van der Waals surface area contributed by atoms with E-state index < -0.39 is 5.92 Å². The van der Waals surface area contributed by atoms with Crippen molar-refractivity contribution >= 4 is 11.6 Å². The average molecular weight is 417 g/mol. The Morgan fingerprint density at radius 2 is 1.84 bits per heavy atom. The van der Waals surface area contributed by atoms with Crippen molar-refractivity contribution in [1.29, 1.82) is 0 Å². The standard InChI is InChI=1S/C24H23N3O4/c1-30-19-12-15(10-11-18(19)31-13-14-6-3-2-4-7-14)20-21-16(8-5-9-17(21)28)25-23-22(20)24(29)27-26-23/h2-4,6-7,10-12,20H,5,8-9,13H2,1H3,(H3,25,26,27,29)/t20-/m0/s1. The van der Waals surface area contributed by atoms with Crippen LogP contribution in [0.1, 0.15) is 41.9 Å². The first-order chi connectivity index (χ1) is 15.2. The van der Waals surface area contributed by atoms with Gasteiger partial charge in [0.15, 0.2) is 17.3 Å². The van der Waals surface area contributed by atoms with Crippen LogP contribution in [0.15, 0.2) is 64.6 Å². The van der Waals surface area contributed by atoms with Crippen molar-refractivity contribution in [3.8, 4) is 11.5 Å². The van der Waals surface area contributed by atoms with Crippen molar-refractivity contribution in [2.45, 2.75) is 31.8 Å². The molecule has 0 spiro atoms. The second kappa shape index (κ2) is 7.83. The van der Waals surface area contributed by atoms with Gasteiger partial charge in [0.2, 0.25) is 0 Å². The van der Waals surface area contributed by atoms with E-state index in [1.165, 1.54) is 0 Å². The van der Waals surface area contributed by atoms with Crippen LogP contribution < -0.4 is 20.3 Å². The number of Topliss-reactive ketones (excluding diaryl/α,β-unsaturated/α-hetero) is 1. The highest BCUT2D eigenvalue weighted by Gasteiger charge is 2.38. The molecule has 1 atom stereocenters. The minimum absolute atomic E-state index is 0.0772. The van der Waals surface area contributed by atoms with Gasteiger partial charge in [0.1, 0.15) is 12.4 Å². The van der Waals surface area contributed by atoms with Crippen molar-refractivity contribution in [1.82, 2.24) is 10.2 Å². The number of anilines is 1. The topological polar surface area (TPSA) is 96.2 Å². The van der Waals surface area contributed by atoms with Crippen LogP contribution in [0, 0.1) is 0 Å². The highest BCUT2D eigenvalue weighted by Crippen LogP contribution is 2.44. The largest absolute Gasteiger partial charge is 0.493 e. The predicted octanol–water partition coefficient (Wildman–Crippen LogP) is 3.86. The summed E-state index contributed by atoms with van der Waals surface area (Å²) in [6.45, 7) is 0.416. The van der Waals surface area contributed by atoms with Gasteiger partial charge in [-0.2, -0.15) is 0 Å². The number of H-pyrrole nitrogens is 2. The number of nitrogens with one attached hydrogen (secondary N) is 3. The lowest BCUT2D eigenvalue weighted by atomic mass is 9.77. The van der Waals surface area contributed by atoms with Gasteiger partial charge in [-0.05, 0) is 36.1 Å². The second-order valence-electron chi connectivity index (χ2n) is 7.78. The number of carbonyl (C=O) groups is 1. The van der Waals surface area contributed by atoms with Crippen LogP contribution in [0.5, 0.6) is 11.5 Å². The Balaban J connectivity index is 1.54. The summed E-state index contributed by atoms with van der Waals surface area (Å²) in [7, 11) is 1.59. The number of rotatable bonds is 5. The number of methoxy groups -OCH3 is 1. The van der Waals surface area contributed by atoms with Crippen LogP contribution in [-0.2, 0) is 11.4 Å². The molecule has 0 radical (unpaired) electrons. The number of fused-ring (bicyclic) bond motifs is 1. The Kier molecular flexibility index (Phi) is 4.86. The summed E-state index contributed by atoms with van der Waals surface area (Å²) in [4.78, 5) is 25.5. The molecule has 7 heteroatoms. The van der Waals surface area contributed by atoms with Crippen molar-refractivity contribution in [3.05, 3.63) is 86.8 Å². The normalized spacial score (nSPS) is 17.6. The highest BCUT2D eigenvalue weighted by molar-refractivity contribution is 6.00. The molecule has 1 aliphatic carbocycles. The van der Waals surface area contributed by atoms with E-state index in [9.17, 15) is 9.59 Å². The summed E-state index contributed by atoms with van der Waals surface area (Å²) in [5.74, 6) is 1.41. The number of ether oxygens (including phenoxy) is 2. The van der Waals surface area contributed by atoms with Crippen LogP contribution in [0.2, 0.25) is 0 Å². The van der Waals surface area contributed by atoms with Gasteiger partial charge in [-0.15, -0.1) is 0 Å². The molecule has 2 aromatic carbocycles. The van der Waals surface area contributed by atoms with Gasteiger partial charge < -0.3 is 14.8 Å². The second-order valence-corrected chi connectivity index (χ2v) is 7.78. The number of allylic oxidation sites excluding steroid dienone is 2. The van der Waals surface area contributed by atoms with Gasteiger partial charge in [-0.3, -0.25) is 19.8 Å². The highest BCUT2D eigenvalue weighted by atomic mass is 16.5. The Hall–Kier alpha value is -3.74. The molecule has 1 aliphatic heterocycles. The van der Waals surface area contributed by atoms with E-state index in [1.807, 2.05) is 48.5 Å². The summed E-state index contributed by atoms with van der Waals surface area (Å²) in [5.41, 5.74) is 3.71. The summed E-state index contributed by atoms with van der Waals surface area (Å²) in [6.07, 6.45) is 2.07. The molecule has 5 rings (SSSR count). The first kappa shape index (κ1) is 19.2. The Morgan fingerprint density at radius 3 is 2.65 bits per heavy atom. The Labute approximate surface area is 179 Å².